The molecule has 5 heteroatoms. The lowest BCUT2D eigenvalue weighted by atomic mass is 9.84. The minimum atomic E-state index is -0.646. The number of carbonyl (C=O) groups is 1. The van der Waals surface area contributed by atoms with E-state index in [2.05, 4.69) is 20.8 Å². The van der Waals surface area contributed by atoms with Gasteiger partial charge in [0.15, 0.2) is 0 Å². The SMILES string of the molecule is Cc1cc(C)nc(NNC(=O)C(C)(C)c2ccccc2)n1. The van der Waals surface area contributed by atoms with Crippen LogP contribution in [-0.4, -0.2) is 15.9 Å². The zero-order valence-corrected chi connectivity index (χ0v) is 12.8. The van der Waals surface area contributed by atoms with Crippen LogP contribution in [0.2, 0.25) is 0 Å². The molecule has 1 heterocycles. The first kappa shape index (κ1) is 15.0. The first-order chi connectivity index (χ1) is 9.89. The van der Waals surface area contributed by atoms with Gasteiger partial charge in [-0.2, -0.15) is 0 Å². The molecule has 0 saturated carbocycles. The summed E-state index contributed by atoms with van der Waals surface area (Å²) in [7, 11) is 0. The van der Waals surface area contributed by atoms with Crippen LogP contribution in [0.3, 0.4) is 0 Å². The highest BCUT2D eigenvalue weighted by Crippen LogP contribution is 2.22. The fourth-order valence-electron chi connectivity index (χ4n) is 2.04. The Morgan fingerprint density at radius 3 is 2.19 bits per heavy atom. The van der Waals surface area contributed by atoms with Gasteiger partial charge in [-0.3, -0.25) is 15.6 Å². The monoisotopic (exact) mass is 284 g/mol. The topological polar surface area (TPSA) is 66.9 Å². The molecule has 0 fully saturated rings. The van der Waals surface area contributed by atoms with Crippen molar-refractivity contribution in [1.82, 2.24) is 15.4 Å². The summed E-state index contributed by atoms with van der Waals surface area (Å²) >= 11 is 0. The van der Waals surface area contributed by atoms with Crippen molar-refractivity contribution < 1.29 is 4.79 Å². The number of anilines is 1. The predicted octanol–water partition coefficient (Wildman–Crippen LogP) is 2.51. The summed E-state index contributed by atoms with van der Waals surface area (Å²) in [6, 6.07) is 11.5. The van der Waals surface area contributed by atoms with Crippen molar-refractivity contribution in [2.75, 3.05) is 5.43 Å². The van der Waals surface area contributed by atoms with Crippen LogP contribution in [0.1, 0.15) is 30.8 Å². The number of hydrogen-bond acceptors (Lipinski definition) is 4. The van der Waals surface area contributed by atoms with Crippen molar-refractivity contribution in [3.63, 3.8) is 0 Å². The van der Waals surface area contributed by atoms with Gasteiger partial charge in [0.1, 0.15) is 0 Å². The minimum Gasteiger partial charge on any atom is -0.272 e. The van der Waals surface area contributed by atoms with Gasteiger partial charge in [-0.15, -0.1) is 0 Å². The number of nitrogens with zero attached hydrogens (tertiary/aromatic N) is 2. The molecule has 0 spiro atoms. The van der Waals surface area contributed by atoms with Gasteiger partial charge in [0.05, 0.1) is 5.41 Å². The molecule has 0 saturated heterocycles. The summed E-state index contributed by atoms with van der Waals surface area (Å²) in [4.78, 5) is 20.8. The second kappa shape index (κ2) is 5.91. The Morgan fingerprint density at radius 2 is 1.62 bits per heavy atom. The molecule has 0 aliphatic carbocycles. The molecule has 2 rings (SSSR count). The van der Waals surface area contributed by atoms with Gasteiger partial charge >= 0.3 is 0 Å². The number of amides is 1. The van der Waals surface area contributed by atoms with E-state index in [0.29, 0.717) is 5.95 Å². The Labute approximate surface area is 124 Å². The molecule has 0 radical (unpaired) electrons. The summed E-state index contributed by atoms with van der Waals surface area (Å²) in [6.45, 7) is 7.52. The first-order valence-electron chi connectivity index (χ1n) is 6.84. The number of aromatic nitrogens is 2. The van der Waals surface area contributed by atoms with Gasteiger partial charge in [-0.25, -0.2) is 9.97 Å². The van der Waals surface area contributed by atoms with E-state index < -0.39 is 5.41 Å². The van der Waals surface area contributed by atoms with Gasteiger partial charge in [-0.05, 0) is 39.3 Å². The molecular weight excluding hydrogens is 264 g/mol. The lowest BCUT2D eigenvalue weighted by molar-refractivity contribution is -0.125. The van der Waals surface area contributed by atoms with Gasteiger partial charge in [0, 0.05) is 11.4 Å². The van der Waals surface area contributed by atoms with E-state index in [1.807, 2.05) is 64.1 Å². The van der Waals surface area contributed by atoms with Gasteiger partial charge < -0.3 is 0 Å². The quantitative estimate of drug-likeness (QED) is 0.847. The summed E-state index contributed by atoms with van der Waals surface area (Å²) < 4.78 is 0. The van der Waals surface area contributed by atoms with Crippen LogP contribution < -0.4 is 10.9 Å². The number of benzene rings is 1. The Hall–Kier alpha value is -2.43. The van der Waals surface area contributed by atoms with Crippen LogP contribution in [0.5, 0.6) is 0 Å². The van der Waals surface area contributed by atoms with Gasteiger partial charge in [0.25, 0.3) is 0 Å². The molecule has 0 bridgehead atoms. The Kier molecular flexibility index (Phi) is 4.21. The molecular formula is C16H20N4O. The zero-order chi connectivity index (χ0) is 15.5. The number of hydrazine groups is 1. The van der Waals surface area contributed by atoms with E-state index in [1.165, 1.54) is 0 Å². The standard InChI is InChI=1S/C16H20N4O/c1-11-10-12(2)18-15(17-11)20-19-14(21)16(3,4)13-8-6-5-7-9-13/h5-10H,1-4H3,(H,19,21)(H,17,18,20). The van der Waals surface area contributed by atoms with E-state index in [9.17, 15) is 4.79 Å². The molecule has 1 aromatic carbocycles. The normalized spacial score (nSPS) is 11.0. The van der Waals surface area contributed by atoms with Crippen LogP contribution in [0.15, 0.2) is 36.4 Å². The molecule has 2 aromatic rings. The summed E-state index contributed by atoms with van der Waals surface area (Å²) in [6.07, 6.45) is 0. The van der Waals surface area contributed by atoms with Crippen LogP contribution in [0.4, 0.5) is 5.95 Å². The molecule has 21 heavy (non-hydrogen) atoms. The zero-order valence-electron chi connectivity index (χ0n) is 12.8. The number of aryl methyl sites for hydroxylation is 2. The summed E-state index contributed by atoms with van der Waals surface area (Å²) in [5.41, 5.74) is 7.46. The van der Waals surface area contributed by atoms with E-state index >= 15 is 0 Å². The number of carbonyl (C=O) groups excluding carboxylic acids is 1. The Morgan fingerprint density at radius 1 is 1.05 bits per heavy atom. The number of nitrogens with one attached hydrogen (secondary N) is 2. The van der Waals surface area contributed by atoms with E-state index in [0.717, 1.165) is 17.0 Å². The molecule has 0 aliphatic rings. The summed E-state index contributed by atoms with van der Waals surface area (Å²) in [5, 5.41) is 0. The maximum Gasteiger partial charge on any atom is 0.248 e. The van der Waals surface area contributed by atoms with Crippen molar-refractivity contribution in [3.8, 4) is 0 Å². The van der Waals surface area contributed by atoms with Crippen LogP contribution in [0, 0.1) is 13.8 Å². The Balaban J connectivity index is 2.07. The second-order valence-corrected chi connectivity index (χ2v) is 5.54. The average Bonchev–Trinajstić information content (AvgIpc) is 2.44. The summed E-state index contributed by atoms with van der Waals surface area (Å²) in [5.74, 6) is 0.251. The third kappa shape index (κ3) is 3.56. The van der Waals surface area contributed by atoms with Crippen LogP contribution >= 0.6 is 0 Å². The largest absolute Gasteiger partial charge is 0.272 e. The maximum absolute atomic E-state index is 12.4. The van der Waals surface area contributed by atoms with Crippen LogP contribution in [0.25, 0.3) is 0 Å². The van der Waals surface area contributed by atoms with Crippen LogP contribution in [-0.2, 0) is 10.2 Å². The number of hydrogen-bond donors (Lipinski definition) is 2. The molecule has 0 atom stereocenters. The molecule has 0 unspecified atom stereocenters. The highest BCUT2D eigenvalue weighted by Gasteiger charge is 2.29. The molecule has 1 aromatic heterocycles. The lowest BCUT2D eigenvalue weighted by Crippen LogP contribution is -2.43. The fourth-order valence-corrected chi connectivity index (χ4v) is 2.04. The predicted molar refractivity (Wildman–Crippen MR) is 82.7 cm³/mol. The first-order valence-corrected chi connectivity index (χ1v) is 6.84. The van der Waals surface area contributed by atoms with Crippen molar-refractivity contribution in [2.24, 2.45) is 0 Å². The van der Waals surface area contributed by atoms with Gasteiger partial charge in [0.2, 0.25) is 11.9 Å². The van der Waals surface area contributed by atoms with Crippen molar-refractivity contribution in [1.29, 1.82) is 0 Å². The van der Waals surface area contributed by atoms with E-state index in [-0.39, 0.29) is 5.91 Å². The average molecular weight is 284 g/mol. The molecule has 2 N–H and O–H groups in total. The van der Waals surface area contributed by atoms with E-state index in [1.54, 1.807) is 0 Å². The van der Waals surface area contributed by atoms with Crippen molar-refractivity contribution in [2.45, 2.75) is 33.1 Å². The second-order valence-electron chi connectivity index (χ2n) is 5.54. The highest BCUT2D eigenvalue weighted by atomic mass is 16.2. The lowest BCUT2D eigenvalue weighted by Gasteiger charge is -2.24. The number of rotatable bonds is 4. The van der Waals surface area contributed by atoms with Crippen molar-refractivity contribution >= 4 is 11.9 Å². The van der Waals surface area contributed by atoms with Gasteiger partial charge in [-0.1, -0.05) is 30.3 Å². The molecule has 0 aliphatic heterocycles. The molecule has 110 valence electrons. The maximum atomic E-state index is 12.4. The third-order valence-electron chi connectivity index (χ3n) is 3.33. The smallest absolute Gasteiger partial charge is 0.248 e. The van der Waals surface area contributed by atoms with Crippen molar-refractivity contribution in [3.05, 3.63) is 53.3 Å². The highest BCUT2D eigenvalue weighted by molar-refractivity contribution is 5.87. The fraction of sp³-hybridized carbons (Fsp3) is 0.312. The molecule has 5 nitrogen and oxygen atoms in total. The molecule has 1 amide bonds. The third-order valence-corrected chi connectivity index (χ3v) is 3.33. The minimum absolute atomic E-state index is 0.142. The Bertz CT molecular complexity index is 618. The van der Waals surface area contributed by atoms with E-state index in [4.69, 9.17) is 0 Å².